The average Bonchev–Trinajstić information content (AvgIpc) is 2.79. The highest BCUT2D eigenvalue weighted by atomic mass is 19.1. The van der Waals surface area contributed by atoms with Crippen LogP contribution in [0.5, 0.6) is 0 Å². The predicted octanol–water partition coefficient (Wildman–Crippen LogP) is 3.12. The zero-order valence-corrected chi connectivity index (χ0v) is 11.6. The molecule has 0 unspecified atom stereocenters. The van der Waals surface area contributed by atoms with E-state index >= 15 is 0 Å². The zero-order chi connectivity index (χ0) is 14.3. The summed E-state index contributed by atoms with van der Waals surface area (Å²) in [5.41, 5.74) is 3.87. The first-order chi connectivity index (χ1) is 9.61. The fourth-order valence-electron chi connectivity index (χ4n) is 2.53. The van der Waals surface area contributed by atoms with E-state index in [1.165, 1.54) is 12.1 Å². The van der Waals surface area contributed by atoms with Crippen LogP contribution in [0.4, 0.5) is 10.2 Å². The number of benzene rings is 1. The van der Waals surface area contributed by atoms with Gasteiger partial charge in [-0.25, -0.2) is 4.39 Å². The Labute approximate surface area is 116 Å². The van der Waals surface area contributed by atoms with Gasteiger partial charge in [-0.15, -0.1) is 5.10 Å². The largest absolute Gasteiger partial charge is 0.371 e. The molecular formula is C15H15FN4. The SMILES string of the molecule is CNc1nnc(C)c2c1cc(-c1ccc(F)cc1)n2C. The van der Waals surface area contributed by atoms with Gasteiger partial charge in [0, 0.05) is 25.2 Å². The number of hydrogen-bond acceptors (Lipinski definition) is 3. The maximum atomic E-state index is 13.1. The molecule has 0 bridgehead atoms. The number of nitrogens with zero attached hydrogens (tertiary/aromatic N) is 3. The molecule has 3 aromatic rings. The Hall–Kier alpha value is -2.43. The molecule has 4 nitrogen and oxygen atoms in total. The van der Waals surface area contributed by atoms with Gasteiger partial charge in [0.05, 0.1) is 11.2 Å². The normalized spacial score (nSPS) is 11.0. The highest BCUT2D eigenvalue weighted by Crippen LogP contribution is 2.31. The van der Waals surface area contributed by atoms with Crippen molar-refractivity contribution in [3.63, 3.8) is 0 Å². The van der Waals surface area contributed by atoms with Gasteiger partial charge in [0.25, 0.3) is 0 Å². The molecule has 0 aliphatic rings. The molecule has 102 valence electrons. The first kappa shape index (κ1) is 12.6. The second-order valence-corrected chi connectivity index (χ2v) is 4.74. The van der Waals surface area contributed by atoms with E-state index in [1.54, 1.807) is 12.1 Å². The molecule has 0 aliphatic heterocycles. The van der Waals surface area contributed by atoms with Crippen LogP contribution < -0.4 is 5.32 Å². The van der Waals surface area contributed by atoms with Crippen LogP contribution in [-0.2, 0) is 7.05 Å². The Morgan fingerprint density at radius 1 is 1.15 bits per heavy atom. The molecule has 5 heteroatoms. The second-order valence-electron chi connectivity index (χ2n) is 4.74. The van der Waals surface area contributed by atoms with Gasteiger partial charge in [0.2, 0.25) is 0 Å². The molecule has 0 atom stereocenters. The smallest absolute Gasteiger partial charge is 0.157 e. The summed E-state index contributed by atoms with van der Waals surface area (Å²) >= 11 is 0. The molecule has 1 N–H and O–H groups in total. The van der Waals surface area contributed by atoms with Crippen LogP contribution in [0.2, 0.25) is 0 Å². The lowest BCUT2D eigenvalue weighted by Gasteiger charge is -2.06. The Morgan fingerprint density at radius 2 is 1.85 bits per heavy atom. The van der Waals surface area contributed by atoms with E-state index in [9.17, 15) is 4.39 Å². The molecule has 0 saturated carbocycles. The fraction of sp³-hybridized carbons (Fsp3) is 0.200. The molecule has 0 radical (unpaired) electrons. The summed E-state index contributed by atoms with van der Waals surface area (Å²) in [6.45, 7) is 1.93. The lowest BCUT2D eigenvalue weighted by Crippen LogP contribution is -1.99. The predicted molar refractivity (Wildman–Crippen MR) is 78.2 cm³/mol. The number of hydrogen-bond donors (Lipinski definition) is 1. The minimum Gasteiger partial charge on any atom is -0.371 e. The van der Waals surface area contributed by atoms with Crippen LogP contribution in [-0.4, -0.2) is 21.8 Å². The lowest BCUT2D eigenvalue weighted by molar-refractivity contribution is 0.628. The first-order valence-corrected chi connectivity index (χ1v) is 6.38. The maximum Gasteiger partial charge on any atom is 0.157 e. The number of halogens is 1. The summed E-state index contributed by atoms with van der Waals surface area (Å²) in [7, 11) is 3.80. The summed E-state index contributed by atoms with van der Waals surface area (Å²) in [6.07, 6.45) is 0. The van der Waals surface area contributed by atoms with Gasteiger partial charge in [-0.1, -0.05) is 0 Å². The quantitative estimate of drug-likeness (QED) is 0.778. The zero-order valence-electron chi connectivity index (χ0n) is 11.6. The van der Waals surface area contributed by atoms with Crippen molar-refractivity contribution < 1.29 is 4.39 Å². The van der Waals surface area contributed by atoms with Gasteiger partial charge in [-0.2, -0.15) is 5.10 Å². The molecule has 3 rings (SSSR count). The van der Waals surface area contributed by atoms with E-state index < -0.39 is 0 Å². The lowest BCUT2D eigenvalue weighted by atomic mass is 10.1. The highest BCUT2D eigenvalue weighted by molar-refractivity contribution is 5.95. The third-order valence-corrected chi connectivity index (χ3v) is 3.51. The Bertz CT molecular complexity index is 775. The van der Waals surface area contributed by atoms with E-state index in [4.69, 9.17) is 0 Å². The Morgan fingerprint density at radius 3 is 2.50 bits per heavy atom. The van der Waals surface area contributed by atoms with E-state index in [-0.39, 0.29) is 5.82 Å². The first-order valence-electron chi connectivity index (χ1n) is 6.38. The summed E-state index contributed by atoms with van der Waals surface area (Å²) < 4.78 is 15.1. The topological polar surface area (TPSA) is 42.7 Å². The molecule has 0 aliphatic carbocycles. The van der Waals surface area contributed by atoms with Crippen molar-refractivity contribution in [1.82, 2.24) is 14.8 Å². The van der Waals surface area contributed by atoms with Crippen LogP contribution in [0.3, 0.4) is 0 Å². The van der Waals surface area contributed by atoms with Crippen molar-refractivity contribution in [2.24, 2.45) is 7.05 Å². The minimum atomic E-state index is -0.233. The summed E-state index contributed by atoms with van der Waals surface area (Å²) in [6, 6.07) is 8.54. The van der Waals surface area contributed by atoms with Gasteiger partial charge in [-0.05, 0) is 42.8 Å². The molecule has 2 aromatic heterocycles. The Balaban J connectivity index is 2.30. The number of aryl methyl sites for hydroxylation is 2. The van der Waals surface area contributed by atoms with Crippen molar-refractivity contribution in [1.29, 1.82) is 0 Å². The van der Waals surface area contributed by atoms with Gasteiger partial charge < -0.3 is 9.88 Å². The maximum absolute atomic E-state index is 13.1. The molecule has 0 spiro atoms. The number of rotatable bonds is 2. The van der Waals surface area contributed by atoms with E-state index in [0.717, 1.165) is 33.7 Å². The second kappa shape index (κ2) is 4.59. The summed E-state index contributed by atoms with van der Waals surface area (Å²) in [5.74, 6) is 0.512. The number of aromatic nitrogens is 3. The van der Waals surface area contributed by atoms with E-state index in [2.05, 4.69) is 26.1 Å². The van der Waals surface area contributed by atoms with Crippen molar-refractivity contribution in [2.45, 2.75) is 6.92 Å². The summed E-state index contributed by atoms with van der Waals surface area (Å²) in [5, 5.41) is 12.4. The van der Waals surface area contributed by atoms with Gasteiger partial charge in [-0.3, -0.25) is 0 Å². The average molecular weight is 270 g/mol. The van der Waals surface area contributed by atoms with Crippen molar-refractivity contribution in [3.8, 4) is 11.3 Å². The van der Waals surface area contributed by atoms with Gasteiger partial charge >= 0.3 is 0 Å². The van der Waals surface area contributed by atoms with Crippen LogP contribution in [0.1, 0.15) is 5.69 Å². The third-order valence-electron chi connectivity index (χ3n) is 3.51. The third kappa shape index (κ3) is 1.82. The van der Waals surface area contributed by atoms with Crippen LogP contribution in [0, 0.1) is 12.7 Å². The van der Waals surface area contributed by atoms with Crippen molar-refractivity contribution in [2.75, 3.05) is 12.4 Å². The number of fused-ring (bicyclic) bond motifs is 1. The van der Waals surface area contributed by atoms with Gasteiger partial charge in [0.1, 0.15) is 5.82 Å². The Kier molecular flexibility index (Phi) is 2.89. The molecular weight excluding hydrogens is 255 g/mol. The molecule has 1 aromatic carbocycles. The molecule has 20 heavy (non-hydrogen) atoms. The molecule has 0 saturated heterocycles. The number of nitrogens with one attached hydrogen (secondary N) is 1. The van der Waals surface area contributed by atoms with E-state index in [1.807, 2.05) is 21.0 Å². The van der Waals surface area contributed by atoms with Gasteiger partial charge in [0.15, 0.2) is 5.82 Å². The fourth-order valence-corrected chi connectivity index (χ4v) is 2.53. The highest BCUT2D eigenvalue weighted by Gasteiger charge is 2.14. The number of anilines is 1. The monoisotopic (exact) mass is 270 g/mol. The van der Waals surface area contributed by atoms with Crippen molar-refractivity contribution >= 4 is 16.7 Å². The molecule has 0 amide bonds. The standard InChI is InChI=1S/C15H15FN4/c1-9-14-12(15(17-2)19-18-9)8-13(20(14)3)10-4-6-11(16)7-5-10/h4-8H,1-3H3,(H,17,19). The van der Waals surface area contributed by atoms with Crippen molar-refractivity contribution in [3.05, 3.63) is 41.8 Å². The molecule has 2 heterocycles. The van der Waals surface area contributed by atoms with Crippen LogP contribution in [0.15, 0.2) is 30.3 Å². The molecule has 0 fully saturated rings. The summed E-state index contributed by atoms with van der Waals surface area (Å²) in [4.78, 5) is 0. The van der Waals surface area contributed by atoms with E-state index in [0.29, 0.717) is 0 Å². The van der Waals surface area contributed by atoms with Crippen LogP contribution >= 0.6 is 0 Å². The minimum absolute atomic E-state index is 0.233. The van der Waals surface area contributed by atoms with Crippen LogP contribution in [0.25, 0.3) is 22.2 Å².